The Bertz CT molecular complexity index is 1130. The largest absolute Gasteiger partial charge is 0.441 e. The van der Waals surface area contributed by atoms with E-state index in [1.807, 2.05) is 36.9 Å². The molecule has 1 amide bonds. The minimum Gasteiger partial charge on any atom is -0.441 e. The predicted octanol–water partition coefficient (Wildman–Crippen LogP) is 4.45. The molecule has 0 spiro atoms. The quantitative estimate of drug-likeness (QED) is 0.641. The first kappa shape index (κ1) is 18.9. The van der Waals surface area contributed by atoms with Crippen molar-refractivity contribution in [2.75, 3.05) is 0 Å². The van der Waals surface area contributed by atoms with E-state index in [2.05, 4.69) is 17.1 Å². The second kappa shape index (κ2) is 7.00. The molecule has 0 radical (unpaired) electrons. The Morgan fingerprint density at radius 3 is 2.40 bits per heavy atom. The number of carbonyl (C=O) groups is 1. The summed E-state index contributed by atoms with van der Waals surface area (Å²) in [6.07, 6.45) is 4.57. The van der Waals surface area contributed by atoms with Crippen molar-refractivity contribution >= 4 is 17.3 Å². The number of oxazole rings is 1. The van der Waals surface area contributed by atoms with Crippen molar-refractivity contribution in [3.05, 3.63) is 64.8 Å². The second-order valence-electron chi connectivity index (χ2n) is 8.72. The number of nitrogens with zero attached hydrogens (tertiary/aromatic N) is 3. The Morgan fingerprint density at radius 2 is 1.67 bits per heavy atom. The summed E-state index contributed by atoms with van der Waals surface area (Å²) in [5, 5.41) is 0. The first-order chi connectivity index (χ1) is 14.5. The number of hydrogen-bond donors (Lipinski definition) is 0. The number of benzene rings is 1. The van der Waals surface area contributed by atoms with Crippen LogP contribution in [0.2, 0.25) is 0 Å². The zero-order valence-electron chi connectivity index (χ0n) is 17.2. The van der Waals surface area contributed by atoms with Gasteiger partial charge in [0.05, 0.1) is 6.04 Å². The van der Waals surface area contributed by atoms with Gasteiger partial charge in [-0.05, 0) is 57.2 Å². The molecule has 1 aromatic carbocycles. The lowest BCUT2D eigenvalue weighted by molar-refractivity contribution is 0.0662. The number of carbonyl (C=O) groups excluding carboxylic acids is 1. The summed E-state index contributed by atoms with van der Waals surface area (Å²) in [5.41, 5.74) is 1.59. The first-order valence-corrected chi connectivity index (χ1v) is 10.5. The molecule has 1 aliphatic heterocycles. The summed E-state index contributed by atoms with van der Waals surface area (Å²) in [4.78, 5) is 31.5. The van der Waals surface area contributed by atoms with Crippen molar-refractivity contribution in [3.63, 3.8) is 0 Å². The van der Waals surface area contributed by atoms with Gasteiger partial charge in [-0.25, -0.2) is 14.6 Å². The maximum Gasteiger partial charge on any atom is 0.421 e. The van der Waals surface area contributed by atoms with Gasteiger partial charge in [-0.3, -0.25) is 9.47 Å². The van der Waals surface area contributed by atoms with Crippen LogP contribution in [0, 0.1) is 0 Å². The minimum absolute atomic E-state index is 0.0201. The molecule has 0 unspecified atom stereocenters. The highest BCUT2D eigenvalue weighted by Crippen LogP contribution is 2.45. The molecule has 0 N–H and O–H groups in total. The van der Waals surface area contributed by atoms with E-state index >= 15 is 0 Å². The van der Waals surface area contributed by atoms with E-state index < -0.39 is 5.60 Å². The lowest BCUT2D eigenvalue weighted by atomic mass is 9.86. The van der Waals surface area contributed by atoms with Crippen LogP contribution in [0.3, 0.4) is 0 Å². The zero-order valence-corrected chi connectivity index (χ0v) is 17.2. The summed E-state index contributed by atoms with van der Waals surface area (Å²) in [7, 11) is 0. The van der Waals surface area contributed by atoms with E-state index in [-0.39, 0.29) is 30.0 Å². The van der Waals surface area contributed by atoms with Crippen LogP contribution >= 0.6 is 0 Å². The van der Waals surface area contributed by atoms with Crippen molar-refractivity contribution in [2.24, 2.45) is 0 Å². The molecule has 7 nitrogen and oxygen atoms in total. The topological polar surface area (TPSA) is 77.6 Å². The van der Waals surface area contributed by atoms with E-state index in [0.29, 0.717) is 11.2 Å². The molecule has 1 saturated heterocycles. The molecule has 2 aliphatic rings. The van der Waals surface area contributed by atoms with Crippen molar-refractivity contribution in [1.29, 1.82) is 0 Å². The lowest BCUT2D eigenvalue weighted by Crippen LogP contribution is -2.43. The molecule has 7 heteroatoms. The molecule has 1 atom stereocenters. The van der Waals surface area contributed by atoms with Crippen molar-refractivity contribution < 1.29 is 13.9 Å². The van der Waals surface area contributed by atoms with Gasteiger partial charge in [0.25, 0.3) is 0 Å². The van der Waals surface area contributed by atoms with Crippen LogP contribution in [0.1, 0.15) is 57.2 Å². The van der Waals surface area contributed by atoms with Crippen LogP contribution in [-0.4, -0.2) is 32.2 Å². The third-order valence-corrected chi connectivity index (χ3v) is 6.41. The van der Waals surface area contributed by atoms with Gasteiger partial charge in [-0.2, -0.15) is 0 Å². The maximum atomic E-state index is 12.8. The number of fused-ring (bicyclic) bond motifs is 1. The molecule has 1 saturated carbocycles. The number of rotatable bonds is 3. The van der Waals surface area contributed by atoms with Gasteiger partial charge in [0.1, 0.15) is 5.60 Å². The Kier molecular flexibility index (Phi) is 4.41. The fourth-order valence-electron chi connectivity index (χ4n) is 5.12. The number of pyridine rings is 1. The molecule has 2 aromatic heterocycles. The third kappa shape index (κ3) is 3.00. The monoisotopic (exact) mass is 407 g/mol. The Labute approximate surface area is 174 Å². The predicted molar refractivity (Wildman–Crippen MR) is 111 cm³/mol. The normalized spacial score (nSPS) is 26.1. The highest BCUT2D eigenvalue weighted by Gasteiger charge is 2.51. The zero-order chi connectivity index (χ0) is 20.9. The molecular weight excluding hydrogens is 382 g/mol. The molecular formula is C23H25N3O4. The molecule has 3 aromatic rings. The van der Waals surface area contributed by atoms with E-state index in [4.69, 9.17) is 9.15 Å². The van der Waals surface area contributed by atoms with E-state index in [1.54, 1.807) is 22.9 Å². The molecule has 30 heavy (non-hydrogen) atoms. The Balaban J connectivity index is 1.40. The van der Waals surface area contributed by atoms with Crippen LogP contribution in [0.15, 0.2) is 57.9 Å². The number of cyclic esters (lactones) is 1. The maximum absolute atomic E-state index is 12.8. The van der Waals surface area contributed by atoms with Crippen LogP contribution in [0.25, 0.3) is 11.2 Å². The lowest BCUT2D eigenvalue weighted by Gasteiger charge is -2.38. The van der Waals surface area contributed by atoms with E-state index in [9.17, 15) is 9.59 Å². The fraction of sp³-hybridized carbons (Fsp3) is 0.435. The summed E-state index contributed by atoms with van der Waals surface area (Å²) in [6, 6.07) is 13.5. The highest BCUT2D eigenvalue weighted by atomic mass is 16.6. The van der Waals surface area contributed by atoms with Crippen LogP contribution in [0.4, 0.5) is 4.79 Å². The second-order valence-corrected chi connectivity index (χ2v) is 8.72. The molecule has 3 heterocycles. The van der Waals surface area contributed by atoms with Gasteiger partial charge < -0.3 is 9.15 Å². The average Bonchev–Trinajstić information content (AvgIpc) is 3.20. The van der Waals surface area contributed by atoms with E-state index in [0.717, 1.165) is 31.2 Å². The molecule has 0 bridgehead atoms. The summed E-state index contributed by atoms with van der Waals surface area (Å²) in [6.45, 7) is 3.94. The Morgan fingerprint density at radius 1 is 0.967 bits per heavy atom. The average molecular weight is 407 g/mol. The van der Waals surface area contributed by atoms with Crippen LogP contribution < -0.4 is 5.76 Å². The van der Waals surface area contributed by atoms with Crippen molar-refractivity contribution in [2.45, 2.75) is 63.3 Å². The minimum atomic E-state index is -0.600. The number of ether oxygens (including phenoxy) is 1. The van der Waals surface area contributed by atoms with Crippen molar-refractivity contribution in [3.8, 4) is 0 Å². The number of hydrogen-bond acceptors (Lipinski definition) is 5. The van der Waals surface area contributed by atoms with Gasteiger partial charge in [-0.1, -0.05) is 30.3 Å². The van der Waals surface area contributed by atoms with Gasteiger partial charge in [-0.15, -0.1) is 0 Å². The third-order valence-electron chi connectivity index (χ3n) is 6.41. The Hall–Kier alpha value is -3.09. The SMILES string of the molecule is CC1(C)OC(=O)N([C@H]2CC[C@H](n3c(=O)oc4cccnc43)CC2)[C@H]1c1ccccc1. The van der Waals surface area contributed by atoms with Gasteiger partial charge >= 0.3 is 11.8 Å². The smallest absolute Gasteiger partial charge is 0.421 e. The van der Waals surface area contributed by atoms with Gasteiger partial charge in [0, 0.05) is 18.3 Å². The van der Waals surface area contributed by atoms with Crippen LogP contribution in [0.5, 0.6) is 0 Å². The fourth-order valence-corrected chi connectivity index (χ4v) is 5.12. The number of amides is 1. The molecule has 5 rings (SSSR count). The summed E-state index contributed by atoms with van der Waals surface area (Å²) < 4.78 is 12.8. The molecule has 2 fully saturated rings. The molecule has 1 aliphatic carbocycles. The summed E-state index contributed by atoms with van der Waals surface area (Å²) >= 11 is 0. The van der Waals surface area contributed by atoms with E-state index in [1.165, 1.54) is 0 Å². The highest BCUT2D eigenvalue weighted by molar-refractivity contribution is 5.72. The van der Waals surface area contributed by atoms with Crippen LogP contribution in [-0.2, 0) is 4.74 Å². The van der Waals surface area contributed by atoms with Gasteiger partial charge in [0.2, 0.25) is 0 Å². The molecule has 156 valence electrons. The summed E-state index contributed by atoms with van der Waals surface area (Å²) in [5.74, 6) is -0.365. The van der Waals surface area contributed by atoms with Crippen molar-refractivity contribution in [1.82, 2.24) is 14.5 Å². The first-order valence-electron chi connectivity index (χ1n) is 10.5. The standard InChI is InChI=1S/C23H25N3O4/c1-23(2)19(15-7-4-3-5-8-15)25(22(28)30-23)16-10-12-17(13-11-16)26-20-18(29-21(26)27)9-6-14-24-20/h3-9,14,16-17,19H,10-13H2,1-2H3/t16-,17-,19-/m0/s1. The number of aromatic nitrogens is 2. The van der Waals surface area contributed by atoms with Gasteiger partial charge in [0.15, 0.2) is 11.2 Å².